The zero-order valence-electron chi connectivity index (χ0n) is 8.60. The molecule has 0 saturated carbocycles. The highest BCUT2D eigenvalue weighted by atomic mass is 35.5. The van der Waals surface area contributed by atoms with Crippen LogP contribution in [-0.4, -0.2) is 30.5 Å². The van der Waals surface area contributed by atoms with E-state index in [1.165, 1.54) is 4.90 Å². The molecule has 1 N–H and O–H groups in total. The standard InChI is InChI=1S/C11H12ClNO3/c12-9-3-1-2-4-10(9)13-8(5-6-14)7-16-11(13)15/h1-4,8,14H,5-7H2. The third-order valence-corrected chi connectivity index (χ3v) is 2.85. The second kappa shape index (κ2) is 4.72. The van der Waals surface area contributed by atoms with Crippen molar-refractivity contribution in [2.75, 3.05) is 18.1 Å². The van der Waals surface area contributed by atoms with Crippen LogP contribution in [0.2, 0.25) is 5.02 Å². The molecule has 0 aromatic heterocycles. The zero-order chi connectivity index (χ0) is 11.5. The van der Waals surface area contributed by atoms with Crippen molar-refractivity contribution < 1.29 is 14.6 Å². The van der Waals surface area contributed by atoms with E-state index in [1.807, 2.05) is 6.07 Å². The van der Waals surface area contributed by atoms with E-state index in [0.29, 0.717) is 23.7 Å². The molecule has 1 saturated heterocycles. The van der Waals surface area contributed by atoms with E-state index in [-0.39, 0.29) is 12.6 Å². The summed E-state index contributed by atoms with van der Waals surface area (Å²) in [4.78, 5) is 13.1. The Morgan fingerprint density at radius 1 is 1.50 bits per heavy atom. The molecule has 0 bridgehead atoms. The van der Waals surface area contributed by atoms with Crippen molar-refractivity contribution in [1.29, 1.82) is 0 Å². The van der Waals surface area contributed by atoms with E-state index in [1.54, 1.807) is 18.2 Å². The molecule has 4 nitrogen and oxygen atoms in total. The monoisotopic (exact) mass is 241 g/mol. The lowest BCUT2D eigenvalue weighted by molar-refractivity contribution is 0.176. The predicted octanol–water partition coefficient (Wildman–Crippen LogP) is 2.05. The average Bonchev–Trinajstić information content (AvgIpc) is 2.62. The number of hydrogen-bond acceptors (Lipinski definition) is 3. The van der Waals surface area contributed by atoms with Gasteiger partial charge in [-0.05, 0) is 18.6 Å². The van der Waals surface area contributed by atoms with Gasteiger partial charge in [-0.25, -0.2) is 4.79 Å². The molecule has 1 unspecified atom stereocenters. The molecule has 5 heteroatoms. The lowest BCUT2D eigenvalue weighted by Gasteiger charge is -2.21. The largest absolute Gasteiger partial charge is 0.447 e. The summed E-state index contributed by atoms with van der Waals surface area (Å²) in [5.74, 6) is 0. The van der Waals surface area contributed by atoms with Crippen LogP contribution in [0.5, 0.6) is 0 Å². The fourth-order valence-electron chi connectivity index (χ4n) is 1.76. The van der Waals surface area contributed by atoms with Gasteiger partial charge in [0.15, 0.2) is 0 Å². The minimum Gasteiger partial charge on any atom is -0.447 e. The number of halogens is 1. The maximum Gasteiger partial charge on any atom is 0.414 e. The summed E-state index contributed by atoms with van der Waals surface area (Å²) in [5.41, 5.74) is 0.630. The Hall–Kier alpha value is -1.26. The molecule has 1 aliphatic heterocycles. The number of rotatable bonds is 3. The Balaban J connectivity index is 2.30. The van der Waals surface area contributed by atoms with Crippen molar-refractivity contribution in [3.8, 4) is 0 Å². The molecule has 0 spiro atoms. The first-order chi connectivity index (χ1) is 7.74. The molecule has 1 aromatic rings. The van der Waals surface area contributed by atoms with Gasteiger partial charge in [-0.3, -0.25) is 4.90 Å². The molecule has 1 amide bonds. The van der Waals surface area contributed by atoms with Gasteiger partial charge in [0.2, 0.25) is 0 Å². The molecule has 16 heavy (non-hydrogen) atoms. The van der Waals surface area contributed by atoms with Gasteiger partial charge in [0, 0.05) is 6.61 Å². The number of anilines is 1. The Morgan fingerprint density at radius 3 is 2.94 bits per heavy atom. The van der Waals surface area contributed by atoms with Gasteiger partial charge in [0.1, 0.15) is 6.61 Å². The SMILES string of the molecule is O=C1OCC(CCO)N1c1ccccc1Cl. The number of hydrogen-bond donors (Lipinski definition) is 1. The van der Waals surface area contributed by atoms with Crippen LogP contribution in [-0.2, 0) is 4.74 Å². The second-order valence-electron chi connectivity index (χ2n) is 3.56. The van der Waals surface area contributed by atoms with Crippen molar-refractivity contribution in [1.82, 2.24) is 0 Å². The molecule has 1 heterocycles. The molecule has 1 aromatic carbocycles. The summed E-state index contributed by atoms with van der Waals surface area (Å²) in [7, 11) is 0. The number of amides is 1. The number of cyclic esters (lactones) is 1. The number of carbonyl (C=O) groups excluding carboxylic acids is 1. The van der Waals surface area contributed by atoms with Gasteiger partial charge in [-0.2, -0.15) is 0 Å². The van der Waals surface area contributed by atoms with Gasteiger partial charge in [0.05, 0.1) is 16.8 Å². The minimum atomic E-state index is -0.411. The first-order valence-electron chi connectivity index (χ1n) is 5.05. The molecule has 86 valence electrons. The van der Waals surface area contributed by atoms with Crippen LogP contribution >= 0.6 is 11.6 Å². The van der Waals surface area contributed by atoms with E-state index in [9.17, 15) is 4.79 Å². The molecule has 1 fully saturated rings. The summed E-state index contributed by atoms with van der Waals surface area (Å²) in [5, 5.41) is 9.42. The van der Waals surface area contributed by atoms with Crippen LogP contribution in [0, 0.1) is 0 Å². The van der Waals surface area contributed by atoms with Crippen molar-refractivity contribution in [2.45, 2.75) is 12.5 Å². The number of nitrogens with zero attached hydrogens (tertiary/aromatic N) is 1. The molecule has 0 aliphatic carbocycles. The Bertz CT molecular complexity index is 397. The summed E-state index contributed by atoms with van der Waals surface area (Å²) in [6, 6.07) is 6.95. The molecule has 2 rings (SSSR count). The number of aliphatic hydroxyl groups excluding tert-OH is 1. The smallest absolute Gasteiger partial charge is 0.414 e. The van der Waals surface area contributed by atoms with E-state index in [4.69, 9.17) is 21.4 Å². The summed E-state index contributed by atoms with van der Waals surface area (Å²) in [6.07, 6.45) is 0.0725. The molecule has 1 atom stereocenters. The number of ether oxygens (including phenoxy) is 1. The van der Waals surface area contributed by atoms with Gasteiger partial charge in [0.25, 0.3) is 0 Å². The maximum atomic E-state index is 11.6. The Morgan fingerprint density at radius 2 is 2.25 bits per heavy atom. The first-order valence-corrected chi connectivity index (χ1v) is 5.43. The second-order valence-corrected chi connectivity index (χ2v) is 3.97. The maximum absolute atomic E-state index is 11.6. The van der Waals surface area contributed by atoms with Crippen LogP contribution in [0.15, 0.2) is 24.3 Å². The van der Waals surface area contributed by atoms with Crippen LogP contribution in [0.25, 0.3) is 0 Å². The van der Waals surface area contributed by atoms with Crippen molar-refractivity contribution >= 4 is 23.4 Å². The van der Waals surface area contributed by atoms with Gasteiger partial charge < -0.3 is 9.84 Å². The number of aliphatic hydroxyl groups is 1. The fourth-order valence-corrected chi connectivity index (χ4v) is 1.99. The quantitative estimate of drug-likeness (QED) is 0.881. The molecular weight excluding hydrogens is 230 g/mol. The predicted molar refractivity (Wildman–Crippen MR) is 60.8 cm³/mol. The van der Waals surface area contributed by atoms with E-state index >= 15 is 0 Å². The third kappa shape index (κ3) is 1.99. The van der Waals surface area contributed by atoms with Crippen LogP contribution in [0.1, 0.15) is 6.42 Å². The van der Waals surface area contributed by atoms with Crippen molar-refractivity contribution in [3.05, 3.63) is 29.3 Å². The topological polar surface area (TPSA) is 49.8 Å². The fraction of sp³-hybridized carbons (Fsp3) is 0.364. The normalized spacial score (nSPS) is 20.0. The first kappa shape index (κ1) is 11.2. The minimum absolute atomic E-state index is 0.0161. The molecular formula is C11H12ClNO3. The highest BCUT2D eigenvalue weighted by Gasteiger charge is 2.34. The van der Waals surface area contributed by atoms with Crippen molar-refractivity contribution in [3.63, 3.8) is 0 Å². The summed E-state index contributed by atoms with van der Waals surface area (Å²) >= 11 is 6.02. The Kier molecular flexibility index (Phi) is 3.31. The molecule has 0 radical (unpaired) electrons. The number of benzene rings is 1. The van der Waals surface area contributed by atoms with E-state index in [2.05, 4.69) is 0 Å². The van der Waals surface area contributed by atoms with Crippen LogP contribution in [0.4, 0.5) is 10.5 Å². The average molecular weight is 242 g/mol. The number of para-hydroxylation sites is 1. The van der Waals surface area contributed by atoms with E-state index in [0.717, 1.165) is 0 Å². The Labute approximate surface area is 98.4 Å². The van der Waals surface area contributed by atoms with Crippen LogP contribution in [0.3, 0.4) is 0 Å². The molecule has 1 aliphatic rings. The highest BCUT2D eigenvalue weighted by Crippen LogP contribution is 2.30. The zero-order valence-corrected chi connectivity index (χ0v) is 9.35. The van der Waals surface area contributed by atoms with Crippen molar-refractivity contribution in [2.24, 2.45) is 0 Å². The highest BCUT2D eigenvalue weighted by molar-refractivity contribution is 6.33. The van der Waals surface area contributed by atoms with Gasteiger partial charge in [-0.1, -0.05) is 23.7 Å². The van der Waals surface area contributed by atoms with Crippen LogP contribution < -0.4 is 4.90 Å². The number of carbonyl (C=O) groups is 1. The van der Waals surface area contributed by atoms with Gasteiger partial charge >= 0.3 is 6.09 Å². The van der Waals surface area contributed by atoms with Gasteiger partial charge in [-0.15, -0.1) is 0 Å². The third-order valence-electron chi connectivity index (χ3n) is 2.54. The lowest BCUT2D eigenvalue weighted by Crippen LogP contribution is -2.34. The van der Waals surface area contributed by atoms with E-state index < -0.39 is 6.09 Å². The summed E-state index contributed by atoms with van der Waals surface area (Å²) in [6.45, 7) is 0.312. The summed E-state index contributed by atoms with van der Waals surface area (Å²) < 4.78 is 4.96. The lowest BCUT2D eigenvalue weighted by atomic mass is 10.2.